The number of ether oxygens (including phenoxy) is 1. The van der Waals surface area contributed by atoms with Crippen molar-refractivity contribution < 1.29 is 9.53 Å². The van der Waals surface area contributed by atoms with E-state index in [-0.39, 0.29) is 10.9 Å². The Hall–Kier alpha value is -0.0900. The van der Waals surface area contributed by atoms with Gasteiger partial charge < -0.3 is 4.74 Å². The van der Waals surface area contributed by atoms with Crippen LogP contribution in [0.5, 0.6) is 0 Å². The number of thioether (sulfide) groups is 2. The molecule has 0 aromatic heterocycles. The monoisotopic (exact) mass is 270 g/mol. The van der Waals surface area contributed by atoms with Gasteiger partial charge >= 0.3 is 5.97 Å². The number of fused-ring (bicyclic) bond motifs is 2. The van der Waals surface area contributed by atoms with E-state index < -0.39 is 0 Å². The summed E-state index contributed by atoms with van der Waals surface area (Å²) in [5, 5.41) is 2.02. The molecule has 3 rings (SSSR count). The van der Waals surface area contributed by atoms with Gasteiger partial charge in [0.1, 0.15) is 0 Å². The first-order chi connectivity index (χ1) is 8.23. The van der Waals surface area contributed by atoms with Crippen LogP contribution in [0, 0.1) is 0 Å². The third kappa shape index (κ3) is 2.03. The zero-order valence-corrected chi connectivity index (χ0v) is 11.5. The SMILES string of the molecule is C=CC(=O)OC12CCCC1SC1CCCC1S2. The quantitative estimate of drug-likeness (QED) is 0.568. The van der Waals surface area contributed by atoms with Crippen LogP contribution < -0.4 is 0 Å². The lowest BCUT2D eigenvalue weighted by molar-refractivity contribution is -0.144. The Morgan fingerprint density at radius 1 is 1.29 bits per heavy atom. The zero-order chi connectivity index (χ0) is 11.9. The van der Waals surface area contributed by atoms with Gasteiger partial charge in [-0.2, -0.15) is 0 Å². The number of hydrogen-bond donors (Lipinski definition) is 0. The van der Waals surface area contributed by atoms with Gasteiger partial charge in [-0.25, -0.2) is 4.79 Å². The highest BCUT2D eigenvalue weighted by Crippen LogP contribution is 2.59. The fraction of sp³-hybridized carbons (Fsp3) is 0.769. The summed E-state index contributed by atoms with van der Waals surface area (Å²) in [6, 6.07) is 0. The number of esters is 1. The van der Waals surface area contributed by atoms with Crippen LogP contribution in [0.1, 0.15) is 38.5 Å². The molecular formula is C13H18O2S2. The van der Waals surface area contributed by atoms with Crippen molar-refractivity contribution in [2.45, 2.75) is 59.2 Å². The number of rotatable bonds is 2. The Morgan fingerprint density at radius 2 is 2.12 bits per heavy atom. The number of carbonyl (C=O) groups is 1. The molecule has 1 aliphatic heterocycles. The number of carbonyl (C=O) groups excluding carboxylic acids is 1. The average molecular weight is 270 g/mol. The second-order valence-corrected chi connectivity index (χ2v) is 8.06. The molecule has 4 atom stereocenters. The molecule has 94 valence electrons. The molecule has 4 unspecified atom stereocenters. The lowest BCUT2D eigenvalue weighted by Gasteiger charge is -2.42. The van der Waals surface area contributed by atoms with Crippen LogP contribution in [-0.4, -0.2) is 26.7 Å². The smallest absolute Gasteiger partial charge is 0.331 e. The van der Waals surface area contributed by atoms with Crippen LogP contribution in [0.3, 0.4) is 0 Å². The van der Waals surface area contributed by atoms with Gasteiger partial charge in [0, 0.05) is 16.6 Å². The second kappa shape index (κ2) is 4.54. The molecular weight excluding hydrogens is 252 g/mol. The van der Waals surface area contributed by atoms with E-state index in [1.807, 2.05) is 11.8 Å². The highest BCUT2D eigenvalue weighted by atomic mass is 32.2. The Balaban J connectivity index is 1.80. The van der Waals surface area contributed by atoms with Gasteiger partial charge in [0.25, 0.3) is 0 Å². The Kier molecular flexibility index (Phi) is 3.20. The topological polar surface area (TPSA) is 26.3 Å². The van der Waals surface area contributed by atoms with Crippen LogP contribution in [0.4, 0.5) is 0 Å². The zero-order valence-electron chi connectivity index (χ0n) is 9.89. The predicted octanol–water partition coefficient (Wildman–Crippen LogP) is 3.37. The minimum absolute atomic E-state index is 0.235. The lowest BCUT2D eigenvalue weighted by atomic mass is 10.3. The van der Waals surface area contributed by atoms with Crippen LogP contribution in [0.2, 0.25) is 0 Å². The maximum absolute atomic E-state index is 11.5. The molecule has 2 saturated carbocycles. The van der Waals surface area contributed by atoms with Crippen molar-refractivity contribution >= 4 is 29.5 Å². The molecule has 0 spiro atoms. The first kappa shape index (κ1) is 12.0. The summed E-state index contributed by atoms with van der Waals surface area (Å²) < 4.78 is 5.75. The van der Waals surface area contributed by atoms with Gasteiger partial charge in [0.2, 0.25) is 0 Å². The van der Waals surface area contributed by atoms with E-state index in [9.17, 15) is 4.79 Å². The van der Waals surface area contributed by atoms with E-state index in [1.54, 1.807) is 0 Å². The molecule has 0 aromatic carbocycles. The van der Waals surface area contributed by atoms with Gasteiger partial charge in [-0.1, -0.05) is 13.0 Å². The van der Waals surface area contributed by atoms with E-state index in [2.05, 4.69) is 18.3 Å². The van der Waals surface area contributed by atoms with E-state index in [1.165, 1.54) is 38.2 Å². The normalized spacial score (nSPS) is 43.9. The van der Waals surface area contributed by atoms with E-state index in [0.717, 1.165) is 11.7 Å². The van der Waals surface area contributed by atoms with Crippen molar-refractivity contribution in [1.29, 1.82) is 0 Å². The molecule has 3 aliphatic rings. The maximum atomic E-state index is 11.5. The van der Waals surface area contributed by atoms with Crippen molar-refractivity contribution in [3.63, 3.8) is 0 Å². The maximum Gasteiger partial charge on any atom is 0.331 e. The Morgan fingerprint density at radius 3 is 2.94 bits per heavy atom. The van der Waals surface area contributed by atoms with Gasteiger partial charge in [-0.3, -0.25) is 0 Å². The van der Waals surface area contributed by atoms with Gasteiger partial charge in [-0.15, -0.1) is 23.5 Å². The van der Waals surface area contributed by atoms with Crippen molar-refractivity contribution in [3.05, 3.63) is 12.7 Å². The van der Waals surface area contributed by atoms with Crippen molar-refractivity contribution in [2.24, 2.45) is 0 Å². The van der Waals surface area contributed by atoms with Crippen molar-refractivity contribution in [2.75, 3.05) is 0 Å². The molecule has 4 heteroatoms. The number of hydrogen-bond acceptors (Lipinski definition) is 4. The highest BCUT2D eigenvalue weighted by Gasteiger charge is 2.54. The summed E-state index contributed by atoms with van der Waals surface area (Å²) in [6.45, 7) is 3.51. The van der Waals surface area contributed by atoms with E-state index >= 15 is 0 Å². The molecule has 17 heavy (non-hydrogen) atoms. The third-order valence-corrected chi connectivity index (χ3v) is 8.02. The molecule has 1 saturated heterocycles. The molecule has 0 N–H and O–H groups in total. The largest absolute Gasteiger partial charge is 0.444 e. The molecule has 0 radical (unpaired) electrons. The summed E-state index contributed by atoms with van der Waals surface area (Å²) in [5.41, 5.74) is 0. The fourth-order valence-electron chi connectivity index (χ4n) is 3.22. The molecule has 1 heterocycles. The lowest BCUT2D eigenvalue weighted by Crippen LogP contribution is -2.44. The standard InChI is InChI=1S/C13H18O2S2/c1-2-12(14)15-13-8-4-7-11(13)16-9-5-3-6-10(9)17-13/h2,9-11H,1,3-8H2. The first-order valence-corrected chi connectivity index (χ1v) is 8.24. The van der Waals surface area contributed by atoms with Gasteiger partial charge in [0.05, 0.1) is 5.25 Å². The third-order valence-electron chi connectivity index (χ3n) is 4.00. The molecule has 0 amide bonds. The summed E-state index contributed by atoms with van der Waals surface area (Å²) in [4.78, 5) is 11.3. The van der Waals surface area contributed by atoms with E-state index in [0.29, 0.717) is 10.5 Å². The van der Waals surface area contributed by atoms with Crippen LogP contribution in [0.25, 0.3) is 0 Å². The first-order valence-electron chi connectivity index (χ1n) is 6.42. The summed E-state index contributed by atoms with van der Waals surface area (Å²) in [6.07, 6.45) is 8.70. The molecule has 3 fully saturated rings. The average Bonchev–Trinajstić information content (AvgIpc) is 2.90. The minimum atomic E-state index is -0.249. The highest BCUT2D eigenvalue weighted by molar-refractivity contribution is 8.08. The van der Waals surface area contributed by atoms with E-state index in [4.69, 9.17) is 4.74 Å². The van der Waals surface area contributed by atoms with Gasteiger partial charge in [0.15, 0.2) is 4.93 Å². The summed E-state index contributed by atoms with van der Waals surface area (Å²) >= 11 is 4.04. The van der Waals surface area contributed by atoms with Crippen LogP contribution in [-0.2, 0) is 9.53 Å². The Labute approximate surface area is 111 Å². The summed E-state index contributed by atoms with van der Waals surface area (Å²) in [5.74, 6) is -0.249. The van der Waals surface area contributed by atoms with Crippen LogP contribution >= 0.6 is 23.5 Å². The molecule has 0 bridgehead atoms. The Bertz CT molecular complexity index is 344. The fourth-order valence-corrected chi connectivity index (χ4v) is 7.38. The second-order valence-electron chi connectivity index (χ2n) is 5.08. The molecule has 2 nitrogen and oxygen atoms in total. The van der Waals surface area contributed by atoms with Crippen molar-refractivity contribution in [1.82, 2.24) is 0 Å². The predicted molar refractivity (Wildman–Crippen MR) is 73.3 cm³/mol. The minimum Gasteiger partial charge on any atom is -0.444 e. The molecule has 2 aliphatic carbocycles. The van der Waals surface area contributed by atoms with Crippen LogP contribution in [0.15, 0.2) is 12.7 Å². The summed E-state index contributed by atoms with van der Waals surface area (Å²) in [7, 11) is 0. The van der Waals surface area contributed by atoms with Crippen molar-refractivity contribution in [3.8, 4) is 0 Å². The van der Waals surface area contributed by atoms with Gasteiger partial charge in [-0.05, 0) is 32.1 Å². The molecule has 0 aromatic rings.